The molecule has 2 aliphatic rings. The lowest BCUT2D eigenvalue weighted by Crippen LogP contribution is -2.47. The molecule has 0 atom stereocenters. The first-order valence-corrected chi connectivity index (χ1v) is 12.3. The highest BCUT2D eigenvalue weighted by atomic mass is 32.1. The summed E-state index contributed by atoms with van der Waals surface area (Å²) in [4.78, 5) is 28.5. The van der Waals surface area contributed by atoms with Crippen molar-refractivity contribution in [2.75, 3.05) is 4.90 Å². The van der Waals surface area contributed by atoms with Gasteiger partial charge in [0.05, 0.1) is 16.7 Å². The van der Waals surface area contributed by atoms with E-state index in [9.17, 15) is 19.8 Å². The Morgan fingerprint density at radius 1 is 1.06 bits per heavy atom. The number of hydrogen-bond acceptors (Lipinski definition) is 4. The molecule has 6 heteroatoms. The second-order valence-corrected chi connectivity index (χ2v) is 11.3. The Bertz CT molecular complexity index is 856. The minimum Gasteiger partial charge on any atom is -0.477 e. The van der Waals surface area contributed by atoms with Crippen LogP contribution in [0.15, 0.2) is 6.07 Å². The summed E-state index contributed by atoms with van der Waals surface area (Å²) < 4.78 is 0. The van der Waals surface area contributed by atoms with Crippen LogP contribution in [0.2, 0.25) is 0 Å². The molecule has 0 bridgehead atoms. The molecule has 2 saturated carbocycles. The van der Waals surface area contributed by atoms with E-state index in [1.807, 2.05) is 20.8 Å². The molecule has 1 amide bonds. The summed E-state index contributed by atoms with van der Waals surface area (Å²) in [6.45, 7) is 8.27. The quantitative estimate of drug-likeness (QED) is 0.616. The van der Waals surface area contributed by atoms with Gasteiger partial charge in [-0.1, -0.05) is 18.8 Å². The normalized spacial score (nSPS) is 26.6. The molecule has 1 heterocycles. The van der Waals surface area contributed by atoms with Gasteiger partial charge in [-0.2, -0.15) is 0 Å². The molecule has 5 nitrogen and oxygen atoms in total. The first-order chi connectivity index (χ1) is 14.5. The summed E-state index contributed by atoms with van der Waals surface area (Å²) >= 11 is 1.15. The average Bonchev–Trinajstić information content (AvgIpc) is 3.12. The Balaban J connectivity index is 1.99. The van der Waals surface area contributed by atoms with Gasteiger partial charge in [0.15, 0.2) is 0 Å². The second-order valence-electron chi connectivity index (χ2n) is 10.3. The molecule has 1 aromatic rings. The van der Waals surface area contributed by atoms with Crippen molar-refractivity contribution in [1.82, 2.24) is 0 Å². The van der Waals surface area contributed by atoms with Crippen LogP contribution in [0.1, 0.15) is 93.6 Å². The highest BCUT2D eigenvalue weighted by Gasteiger charge is 2.37. The van der Waals surface area contributed by atoms with Crippen molar-refractivity contribution < 1.29 is 19.8 Å². The number of hydrogen-bond donors (Lipinski definition) is 2. The number of thiophene rings is 1. The standard InChI is InChI=1S/C25H35NO4S/c1-16-5-7-17(8-6-16)23(28)26(18-9-11-19(27)12-10-18)21-15-20(13-14-25(2,3)4)31-22(21)24(29)30/h15-19,27H,5-12H2,1-4H3,(H,29,30)/t16-,17-,18-,19-. The molecular formula is C25H35NO4S. The van der Waals surface area contributed by atoms with Gasteiger partial charge in [0.1, 0.15) is 4.88 Å². The zero-order valence-corrected chi connectivity index (χ0v) is 19.9. The zero-order valence-electron chi connectivity index (χ0n) is 19.1. The first kappa shape index (κ1) is 23.8. The van der Waals surface area contributed by atoms with Gasteiger partial charge in [0.25, 0.3) is 0 Å². The molecule has 0 spiro atoms. The lowest BCUT2D eigenvalue weighted by molar-refractivity contribution is -0.124. The van der Waals surface area contributed by atoms with Crippen LogP contribution in [0, 0.1) is 29.1 Å². The maximum Gasteiger partial charge on any atom is 0.348 e. The number of aromatic carboxylic acids is 1. The summed E-state index contributed by atoms with van der Waals surface area (Å²) in [5, 5.41) is 19.9. The third-order valence-electron chi connectivity index (χ3n) is 6.36. The molecule has 0 aliphatic heterocycles. The van der Waals surface area contributed by atoms with E-state index in [-0.39, 0.29) is 34.3 Å². The van der Waals surface area contributed by atoms with E-state index >= 15 is 0 Å². The van der Waals surface area contributed by atoms with Crippen LogP contribution < -0.4 is 4.90 Å². The van der Waals surface area contributed by atoms with Crippen LogP contribution in [-0.4, -0.2) is 34.2 Å². The molecule has 170 valence electrons. The molecule has 3 rings (SSSR count). The predicted octanol–water partition coefficient (Wildman–Crippen LogP) is 5.31. The van der Waals surface area contributed by atoms with Gasteiger partial charge in [-0.05, 0) is 84.1 Å². The molecular weight excluding hydrogens is 410 g/mol. The number of rotatable bonds is 4. The SMILES string of the molecule is CC(C)(C)C#Cc1cc(N(C(=O)[C@H]2CC[C@H](C)CC2)[C@H]2CC[C@H](O)CC2)c(C(=O)O)s1. The molecule has 31 heavy (non-hydrogen) atoms. The van der Waals surface area contributed by atoms with Gasteiger partial charge in [0.2, 0.25) is 5.91 Å². The Kier molecular flexibility index (Phi) is 7.49. The van der Waals surface area contributed by atoms with E-state index in [0.717, 1.165) is 37.0 Å². The lowest BCUT2D eigenvalue weighted by atomic mass is 9.81. The predicted molar refractivity (Wildman–Crippen MR) is 124 cm³/mol. The third kappa shape index (κ3) is 6.11. The zero-order chi connectivity index (χ0) is 22.8. The van der Waals surface area contributed by atoms with Crippen molar-refractivity contribution in [2.45, 2.75) is 91.2 Å². The summed E-state index contributed by atoms with van der Waals surface area (Å²) in [6, 6.07) is 1.72. The molecule has 2 N–H and O–H groups in total. The number of aliphatic hydroxyl groups is 1. The monoisotopic (exact) mass is 445 g/mol. The Morgan fingerprint density at radius 2 is 1.68 bits per heavy atom. The van der Waals surface area contributed by atoms with E-state index < -0.39 is 5.97 Å². The molecule has 2 fully saturated rings. The van der Waals surface area contributed by atoms with Crippen molar-refractivity contribution in [3.8, 4) is 11.8 Å². The number of nitrogens with zero attached hydrogens (tertiary/aromatic N) is 1. The number of anilines is 1. The van der Waals surface area contributed by atoms with Gasteiger partial charge < -0.3 is 15.1 Å². The minimum atomic E-state index is -1.02. The number of carbonyl (C=O) groups excluding carboxylic acids is 1. The van der Waals surface area contributed by atoms with Crippen LogP contribution >= 0.6 is 11.3 Å². The fourth-order valence-electron chi connectivity index (χ4n) is 4.54. The van der Waals surface area contributed by atoms with Crippen molar-refractivity contribution >= 4 is 28.9 Å². The van der Waals surface area contributed by atoms with Crippen molar-refractivity contribution in [2.24, 2.45) is 17.3 Å². The number of carboxylic acid groups (broad SMARTS) is 1. The molecule has 0 radical (unpaired) electrons. The van der Waals surface area contributed by atoms with Gasteiger partial charge >= 0.3 is 5.97 Å². The third-order valence-corrected chi connectivity index (χ3v) is 7.39. The Labute approximate surface area is 189 Å². The largest absolute Gasteiger partial charge is 0.477 e. The lowest BCUT2D eigenvalue weighted by Gasteiger charge is -2.38. The van der Waals surface area contributed by atoms with Gasteiger partial charge in [-0.15, -0.1) is 11.3 Å². The van der Waals surface area contributed by atoms with Crippen LogP contribution in [0.3, 0.4) is 0 Å². The van der Waals surface area contributed by atoms with E-state index in [1.54, 1.807) is 11.0 Å². The van der Waals surface area contributed by atoms with Crippen LogP contribution in [0.5, 0.6) is 0 Å². The topological polar surface area (TPSA) is 77.8 Å². The van der Waals surface area contributed by atoms with Gasteiger partial charge in [0, 0.05) is 17.4 Å². The molecule has 1 aromatic heterocycles. The molecule has 0 saturated heterocycles. The van der Waals surface area contributed by atoms with E-state index in [2.05, 4.69) is 18.8 Å². The number of carboxylic acids is 1. The molecule has 0 aromatic carbocycles. The van der Waals surface area contributed by atoms with Crippen molar-refractivity contribution in [1.29, 1.82) is 0 Å². The van der Waals surface area contributed by atoms with Crippen LogP contribution in [0.25, 0.3) is 0 Å². The highest BCUT2D eigenvalue weighted by molar-refractivity contribution is 7.15. The van der Waals surface area contributed by atoms with E-state index in [1.165, 1.54) is 0 Å². The smallest absolute Gasteiger partial charge is 0.348 e. The average molecular weight is 446 g/mol. The Morgan fingerprint density at radius 3 is 2.23 bits per heavy atom. The number of aliphatic hydroxyl groups excluding tert-OH is 1. The van der Waals surface area contributed by atoms with E-state index in [0.29, 0.717) is 42.2 Å². The second kappa shape index (κ2) is 9.75. The number of amides is 1. The van der Waals surface area contributed by atoms with Crippen molar-refractivity contribution in [3.63, 3.8) is 0 Å². The fraction of sp³-hybridized carbons (Fsp3) is 0.680. The summed E-state index contributed by atoms with van der Waals surface area (Å²) in [5.74, 6) is 5.89. The molecule has 0 unspecified atom stereocenters. The van der Waals surface area contributed by atoms with Crippen LogP contribution in [-0.2, 0) is 4.79 Å². The van der Waals surface area contributed by atoms with Gasteiger partial charge in [-0.25, -0.2) is 4.79 Å². The maximum atomic E-state index is 13.7. The fourth-order valence-corrected chi connectivity index (χ4v) is 5.38. The summed E-state index contributed by atoms with van der Waals surface area (Å²) in [6.07, 6.45) is 6.10. The Hall–Kier alpha value is -1.84. The number of carbonyl (C=O) groups is 2. The van der Waals surface area contributed by atoms with E-state index in [4.69, 9.17) is 0 Å². The van der Waals surface area contributed by atoms with Crippen molar-refractivity contribution in [3.05, 3.63) is 15.8 Å². The first-order valence-electron chi connectivity index (χ1n) is 11.5. The summed E-state index contributed by atoms with van der Waals surface area (Å²) in [7, 11) is 0. The minimum absolute atomic E-state index is 0.0453. The van der Waals surface area contributed by atoms with Gasteiger partial charge in [-0.3, -0.25) is 4.79 Å². The van der Waals surface area contributed by atoms with Crippen LogP contribution in [0.4, 0.5) is 5.69 Å². The maximum absolute atomic E-state index is 13.7. The highest BCUT2D eigenvalue weighted by Crippen LogP contribution is 2.38. The molecule has 2 aliphatic carbocycles. The summed E-state index contributed by atoms with van der Waals surface area (Å²) in [5.41, 5.74) is 0.294.